The molecule has 0 radical (unpaired) electrons. The molecule has 12 aromatic rings. The molecule has 0 amide bonds. The number of hydrogen-bond donors (Lipinski definition) is 0. The van der Waals surface area contributed by atoms with E-state index < -0.39 is 0 Å². The van der Waals surface area contributed by atoms with Gasteiger partial charge in [-0.3, -0.25) is 0 Å². The summed E-state index contributed by atoms with van der Waals surface area (Å²) in [5.41, 5.74) is 8.49. The first-order valence-corrected chi connectivity index (χ1v) is 20.0. The Morgan fingerprint density at radius 2 is 0.695 bits per heavy atom. The van der Waals surface area contributed by atoms with E-state index in [0.29, 0.717) is 17.5 Å². The van der Waals surface area contributed by atoms with Crippen LogP contribution in [-0.4, -0.2) is 19.5 Å². The maximum atomic E-state index is 5.17. The van der Waals surface area contributed by atoms with E-state index in [2.05, 4.69) is 193 Å². The number of nitrogens with zero attached hydrogens (tertiary/aromatic N) is 4. The highest BCUT2D eigenvalue weighted by Gasteiger charge is 2.18. The molecule has 0 saturated heterocycles. The van der Waals surface area contributed by atoms with Gasteiger partial charge >= 0.3 is 0 Å². The van der Waals surface area contributed by atoms with Crippen LogP contribution < -0.4 is 0 Å². The van der Waals surface area contributed by atoms with E-state index in [1.54, 1.807) is 0 Å². The van der Waals surface area contributed by atoms with Crippen molar-refractivity contribution in [1.29, 1.82) is 0 Å². The number of hydrogen-bond acceptors (Lipinski definition) is 3. The van der Waals surface area contributed by atoms with Crippen LogP contribution in [0, 0.1) is 0 Å². The van der Waals surface area contributed by atoms with Crippen LogP contribution in [0.3, 0.4) is 0 Å². The Kier molecular flexibility index (Phi) is 7.50. The normalized spacial score (nSPS) is 11.7. The first-order valence-electron chi connectivity index (χ1n) is 20.0. The smallest absolute Gasteiger partial charge is 0.164 e. The van der Waals surface area contributed by atoms with Crippen LogP contribution in [0.1, 0.15) is 0 Å². The Morgan fingerprint density at radius 1 is 0.271 bits per heavy atom. The molecule has 2 aromatic heterocycles. The van der Waals surface area contributed by atoms with Gasteiger partial charge < -0.3 is 4.57 Å². The highest BCUT2D eigenvalue weighted by molar-refractivity contribution is 6.33. The van der Waals surface area contributed by atoms with Crippen molar-refractivity contribution in [1.82, 2.24) is 19.5 Å². The maximum Gasteiger partial charge on any atom is 0.164 e. The van der Waals surface area contributed by atoms with Gasteiger partial charge in [0.25, 0.3) is 0 Å². The predicted octanol–water partition coefficient (Wildman–Crippen LogP) is 14.2. The van der Waals surface area contributed by atoms with Crippen molar-refractivity contribution in [3.05, 3.63) is 206 Å². The molecule has 0 unspecified atom stereocenters. The Bertz CT molecular complexity index is 3550. The van der Waals surface area contributed by atoms with Crippen LogP contribution in [0.25, 0.3) is 116 Å². The fraction of sp³-hybridized carbons (Fsp3) is 0. The van der Waals surface area contributed by atoms with Crippen molar-refractivity contribution in [3.63, 3.8) is 0 Å². The molecule has 0 aliphatic rings. The third-order valence-electron chi connectivity index (χ3n) is 11.8. The van der Waals surface area contributed by atoms with Crippen LogP contribution in [0.5, 0.6) is 0 Å². The molecular formula is C55H34N4. The van der Waals surface area contributed by atoms with Crippen LogP contribution >= 0.6 is 0 Å². The Hall–Kier alpha value is -7.95. The van der Waals surface area contributed by atoms with Crippen molar-refractivity contribution in [2.75, 3.05) is 0 Å². The van der Waals surface area contributed by atoms with Crippen LogP contribution in [-0.2, 0) is 0 Å². The second kappa shape index (κ2) is 13.3. The van der Waals surface area contributed by atoms with Gasteiger partial charge in [0.1, 0.15) is 0 Å². The van der Waals surface area contributed by atoms with Crippen molar-refractivity contribution in [2.24, 2.45) is 0 Å². The molecule has 274 valence electrons. The fourth-order valence-electron chi connectivity index (χ4n) is 9.14. The summed E-state index contributed by atoms with van der Waals surface area (Å²) in [4.78, 5) is 15.3. The molecule has 0 aliphatic heterocycles. The lowest BCUT2D eigenvalue weighted by Crippen LogP contribution is -2.01. The zero-order chi connectivity index (χ0) is 38.9. The number of aromatic nitrogens is 4. The fourth-order valence-corrected chi connectivity index (χ4v) is 9.14. The van der Waals surface area contributed by atoms with Crippen LogP contribution in [0.2, 0.25) is 0 Å². The third kappa shape index (κ3) is 5.34. The average Bonchev–Trinajstić information content (AvgIpc) is 3.66. The molecule has 0 atom stereocenters. The van der Waals surface area contributed by atoms with Gasteiger partial charge in [-0.05, 0) is 84.5 Å². The van der Waals surface area contributed by atoms with Crippen molar-refractivity contribution >= 4 is 64.9 Å². The van der Waals surface area contributed by atoms with Crippen molar-refractivity contribution in [3.8, 4) is 51.0 Å². The van der Waals surface area contributed by atoms with Gasteiger partial charge in [0, 0.05) is 33.2 Å². The van der Waals surface area contributed by atoms with E-state index in [1.165, 1.54) is 59.4 Å². The van der Waals surface area contributed by atoms with Crippen LogP contribution in [0.15, 0.2) is 206 Å². The quantitative estimate of drug-likeness (QED) is 0.165. The van der Waals surface area contributed by atoms with Gasteiger partial charge in [0.15, 0.2) is 17.5 Å². The molecule has 0 fully saturated rings. The van der Waals surface area contributed by atoms with Crippen molar-refractivity contribution < 1.29 is 0 Å². The first kappa shape index (κ1) is 33.2. The standard InChI is InChI=1S/C55H34N4/c1-2-15-36(16-3-1)53-56-54(58-55(57-53)38-17-14-18-39(33-38)59-50-27-12-10-23-44(50)45-24-11-13-28-51(45)59)37-31-29-35(30-32-37)48-34-49-42-21-5-4-19-40(42)41-20-6-8-25-46(41)52(49)47-26-9-7-22-43(47)48/h1-34H. The average molecular weight is 751 g/mol. The summed E-state index contributed by atoms with van der Waals surface area (Å²) < 4.78 is 2.33. The molecule has 0 bridgehead atoms. The zero-order valence-electron chi connectivity index (χ0n) is 31.9. The molecule has 12 rings (SSSR count). The minimum Gasteiger partial charge on any atom is -0.309 e. The molecule has 4 nitrogen and oxygen atoms in total. The second-order valence-corrected chi connectivity index (χ2v) is 15.2. The van der Waals surface area contributed by atoms with Gasteiger partial charge in [-0.25, -0.2) is 15.0 Å². The Morgan fingerprint density at radius 3 is 1.32 bits per heavy atom. The SMILES string of the molecule is c1ccc(-c2nc(-c3ccc(-c4cc5c6ccccc6c6ccccc6c5c5ccccc45)cc3)nc(-c3cccc(-n4c5ccccc5c5ccccc54)c3)n2)cc1. The summed E-state index contributed by atoms with van der Waals surface area (Å²) >= 11 is 0. The summed E-state index contributed by atoms with van der Waals surface area (Å²) in [5, 5.41) is 12.6. The number of benzene rings is 10. The van der Waals surface area contributed by atoms with E-state index in [-0.39, 0.29) is 0 Å². The molecule has 0 N–H and O–H groups in total. The molecule has 4 heteroatoms. The van der Waals surface area contributed by atoms with Gasteiger partial charge in [-0.15, -0.1) is 0 Å². The van der Waals surface area contributed by atoms with Gasteiger partial charge in [0.2, 0.25) is 0 Å². The second-order valence-electron chi connectivity index (χ2n) is 15.2. The minimum absolute atomic E-state index is 0.625. The molecule has 0 spiro atoms. The highest BCUT2D eigenvalue weighted by atomic mass is 15.0. The first-order chi connectivity index (χ1) is 29.3. The van der Waals surface area contributed by atoms with E-state index in [4.69, 9.17) is 15.0 Å². The number of fused-ring (bicyclic) bond motifs is 11. The number of para-hydroxylation sites is 2. The predicted molar refractivity (Wildman–Crippen MR) is 246 cm³/mol. The van der Waals surface area contributed by atoms with Crippen LogP contribution in [0.4, 0.5) is 0 Å². The highest BCUT2D eigenvalue weighted by Crippen LogP contribution is 2.43. The minimum atomic E-state index is 0.625. The largest absolute Gasteiger partial charge is 0.309 e. The number of rotatable bonds is 5. The lowest BCUT2D eigenvalue weighted by molar-refractivity contribution is 1.07. The zero-order valence-corrected chi connectivity index (χ0v) is 31.9. The summed E-state index contributed by atoms with van der Waals surface area (Å²) in [6, 6.07) is 73.4. The maximum absolute atomic E-state index is 5.17. The Balaban J connectivity index is 1.01. The lowest BCUT2D eigenvalue weighted by Gasteiger charge is -2.16. The van der Waals surface area contributed by atoms with Crippen molar-refractivity contribution in [2.45, 2.75) is 0 Å². The third-order valence-corrected chi connectivity index (χ3v) is 11.8. The summed E-state index contributed by atoms with van der Waals surface area (Å²) in [5.74, 6) is 1.89. The topological polar surface area (TPSA) is 43.6 Å². The monoisotopic (exact) mass is 750 g/mol. The van der Waals surface area contributed by atoms with E-state index in [9.17, 15) is 0 Å². The lowest BCUT2D eigenvalue weighted by atomic mass is 9.87. The summed E-state index contributed by atoms with van der Waals surface area (Å²) in [6.45, 7) is 0. The summed E-state index contributed by atoms with van der Waals surface area (Å²) in [6.07, 6.45) is 0. The molecule has 0 saturated carbocycles. The van der Waals surface area contributed by atoms with E-state index >= 15 is 0 Å². The molecular weight excluding hydrogens is 717 g/mol. The molecule has 59 heavy (non-hydrogen) atoms. The van der Waals surface area contributed by atoms with Gasteiger partial charge in [0.05, 0.1) is 11.0 Å². The van der Waals surface area contributed by atoms with E-state index in [1.807, 2.05) is 18.2 Å². The van der Waals surface area contributed by atoms with E-state index in [0.717, 1.165) is 39.0 Å². The molecule has 10 aromatic carbocycles. The van der Waals surface area contributed by atoms with Gasteiger partial charge in [-0.2, -0.15) is 0 Å². The van der Waals surface area contributed by atoms with Gasteiger partial charge in [-0.1, -0.05) is 176 Å². The molecule has 2 heterocycles. The summed E-state index contributed by atoms with van der Waals surface area (Å²) in [7, 11) is 0. The Labute approximate surface area is 340 Å². The molecule has 0 aliphatic carbocycles.